The molecule has 4 nitrogen and oxygen atoms in total. The van der Waals surface area contributed by atoms with E-state index in [0.29, 0.717) is 0 Å². The van der Waals surface area contributed by atoms with Crippen molar-refractivity contribution in [3.63, 3.8) is 0 Å². The Morgan fingerprint density at radius 3 is 2.50 bits per heavy atom. The van der Waals surface area contributed by atoms with E-state index in [1.807, 2.05) is 0 Å². The predicted octanol–water partition coefficient (Wildman–Crippen LogP) is -0.167. The van der Waals surface area contributed by atoms with Gasteiger partial charge in [0.15, 0.2) is 0 Å². The Morgan fingerprint density at radius 2 is 2.38 bits per heavy atom. The summed E-state index contributed by atoms with van der Waals surface area (Å²) in [6, 6.07) is 0. The minimum atomic E-state index is -0.572. The number of nitrogens with two attached hydrogens (primary N) is 1. The van der Waals surface area contributed by atoms with Gasteiger partial charge in [-0.3, -0.25) is 0 Å². The van der Waals surface area contributed by atoms with E-state index in [9.17, 15) is 4.79 Å². The molecule has 0 amide bonds. The summed E-state index contributed by atoms with van der Waals surface area (Å²) in [7, 11) is 0. The molecule has 0 fully saturated rings. The Balaban J connectivity index is 3.40. The fraction of sp³-hybridized carbons (Fsp3) is 0.500. The molecule has 0 aromatic rings. The van der Waals surface area contributed by atoms with Crippen molar-refractivity contribution in [2.24, 2.45) is 5.90 Å². The number of carbonyl (C=O) groups excluding carboxylic acids is 1. The Morgan fingerprint density at radius 1 is 1.88 bits per heavy atom. The van der Waals surface area contributed by atoms with Crippen molar-refractivity contribution in [2.45, 2.75) is 13.3 Å². The molecule has 0 bridgehead atoms. The van der Waals surface area contributed by atoms with E-state index >= 15 is 0 Å². The van der Waals surface area contributed by atoms with Crippen LogP contribution in [-0.2, 0) is 9.63 Å². The number of hydrogen-bond donors (Lipinski definition) is 2. The summed E-state index contributed by atoms with van der Waals surface area (Å²) in [5.41, 5.74) is 0.250. The molecule has 0 atom stereocenters. The Labute approximate surface area is 47.1 Å². The van der Waals surface area contributed by atoms with Gasteiger partial charge in [-0.1, -0.05) is 0 Å². The highest BCUT2D eigenvalue weighted by atomic mass is 16.7. The molecule has 0 aliphatic carbocycles. The van der Waals surface area contributed by atoms with Gasteiger partial charge < -0.3 is 10.2 Å². The average Bonchev–Trinajstić information content (AvgIpc) is 1.65. The van der Waals surface area contributed by atoms with Gasteiger partial charge in [0, 0.05) is 5.71 Å². The molecule has 0 aromatic heterocycles. The van der Waals surface area contributed by atoms with Gasteiger partial charge in [-0.2, -0.15) is 5.90 Å². The highest BCUT2D eigenvalue weighted by Gasteiger charge is 1.99. The van der Waals surface area contributed by atoms with E-state index in [-0.39, 0.29) is 12.1 Å². The third kappa shape index (κ3) is 3.30. The lowest BCUT2D eigenvalue weighted by Gasteiger charge is -1.92. The van der Waals surface area contributed by atoms with Crippen molar-refractivity contribution in [1.82, 2.24) is 0 Å². The third-order valence-electron chi connectivity index (χ3n) is 0.541. The standard InChI is InChI=1S/C4H8N2O2/c1-3(5)2-4(7)8-6/h5H,2,6H2,1H3. The van der Waals surface area contributed by atoms with Gasteiger partial charge in [-0.15, -0.1) is 0 Å². The second-order valence-corrected chi connectivity index (χ2v) is 1.45. The molecule has 0 unspecified atom stereocenters. The first-order valence-electron chi connectivity index (χ1n) is 2.10. The molecule has 0 aromatic carbocycles. The van der Waals surface area contributed by atoms with Crippen molar-refractivity contribution < 1.29 is 9.63 Å². The van der Waals surface area contributed by atoms with Gasteiger partial charge in [0.1, 0.15) is 0 Å². The van der Waals surface area contributed by atoms with Crippen molar-refractivity contribution in [3.8, 4) is 0 Å². The van der Waals surface area contributed by atoms with Crippen molar-refractivity contribution >= 4 is 11.7 Å². The van der Waals surface area contributed by atoms with Crippen molar-refractivity contribution in [3.05, 3.63) is 0 Å². The maximum Gasteiger partial charge on any atom is 0.329 e. The number of rotatable bonds is 2. The topological polar surface area (TPSA) is 76.2 Å². The van der Waals surface area contributed by atoms with E-state index in [1.165, 1.54) is 6.92 Å². The molecule has 0 saturated heterocycles. The summed E-state index contributed by atoms with van der Waals surface area (Å²) in [5, 5.41) is 6.77. The van der Waals surface area contributed by atoms with E-state index in [4.69, 9.17) is 5.41 Å². The molecule has 3 N–H and O–H groups in total. The molecule has 0 rings (SSSR count). The van der Waals surface area contributed by atoms with Crippen molar-refractivity contribution in [2.75, 3.05) is 0 Å². The lowest BCUT2D eigenvalue weighted by atomic mass is 10.3. The van der Waals surface area contributed by atoms with Gasteiger partial charge in [0.25, 0.3) is 0 Å². The predicted molar refractivity (Wildman–Crippen MR) is 28.3 cm³/mol. The van der Waals surface area contributed by atoms with E-state index < -0.39 is 5.97 Å². The summed E-state index contributed by atoms with van der Waals surface area (Å²) < 4.78 is 0. The fourth-order valence-corrected chi connectivity index (χ4v) is 0.258. The summed E-state index contributed by atoms with van der Waals surface area (Å²) in [6.07, 6.45) is -0.0174. The summed E-state index contributed by atoms with van der Waals surface area (Å²) in [6.45, 7) is 1.51. The minimum Gasteiger partial charge on any atom is -0.373 e. The lowest BCUT2D eigenvalue weighted by molar-refractivity contribution is -0.142. The number of nitrogens with one attached hydrogen (secondary N) is 1. The molecule has 0 heterocycles. The first-order chi connectivity index (χ1) is 3.66. The highest BCUT2D eigenvalue weighted by Crippen LogP contribution is 1.82. The highest BCUT2D eigenvalue weighted by molar-refractivity contribution is 5.95. The molecular formula is C4H8N2O2. The first-order valence-corrected chi connectivity index (χ1v) is 2.10. The average molecular weight is 116 g/mol. The van der Waals surface area contributed by atoms with Crippen LogP contribution in [0.5, 0.6) is 0 Å². The van der Waals surface area contributed by atoms with Crippen LogP contribution in [0.1, 0.15) is 13.3 Å². The molecule has 4 heteroatoms. The largest absolute Gasteiger partial charge is 0.373 e. The lowest BCUT2D eigenvalue weighted by Crippen LogP contribution is -2.12. The normalized spacial score (nSPS) is 8.25. The zero-order chi connectivity index (χ0) is 6.57. The van der Waals surface area contributed by atoms with E-state index in [1.54, 1.807) is 0 Å². The van der Waals surface area contributed by atoms with E-state index in [2.05, 4.69) is 10.7 Å². The maximum atomic E-state index is 10.1. The monoisotopic (exact) mass is 116 g/mol. The van der Waals surface area contributed by atoms with Crippen molar-refractivity contribution in [1.29, 1.82) is 5.41 Å². The summed E-state index contributed by atoms with van der Waals surface area (Å²) in [5.74, 6) is 3.90. The van der Waals surface area contributed by atoms with Crippen LogP contribution in [0, 0.1) is 5.41 Å². The molecule has 0 aliphatic rings. The van der Waals surface area contributed by atoms with Crippen LogP contribution in [0.4, 0.5) is 0 Å². The second kappa shape index (κ2) is 3.15. The molecule has 0 radical (unpaired) electrons. The molecule has 46 valence electrons. The summed E-state index contributed by atoms with van der Waals surface area (Å²) >= 11 is 0. The van der Waals surface area contributed by atoms with Gasteiger partial charge >= 0.3 is 5.97 Å². The Kier molecular flexibility index (Phi) is 2.79. The van der Waals surface area contributed by atoms with Crippen LogP contribution in [-0.4, -0.2) is 11.7 Å². The van der Waals surface area contributed by atoms with Crippen LogP contribution in [0.3, 0.4) is 0 Å². The van der Waals surface area contributed by atoms with Crippen LogP contribution >= 0.6 is 0 Å². The zero-order valence-electron chi connectivity index (χ0n) is 4.60. The fourth-order valence-electron chi connectivity index (χ4n) is 0.258. The zero-order valence-corrected chi connectivity index (χ0v) is 4.60. The first kappa shape index (κ1) is 7.10. The molecule has 0 aliphatic heterocycles. The second-order valence-electron chi connectivity index (χ2n) is 1.45. The van der Waals surface area contributed by atoms with Crippen LogP contribution < -0.4 is 5.90 Å². The van der Waals surface area contributed by atoms with Gasteiger partial charge in [0.2, 0.25) is 0 Å². The van der Waals surface area contributed by atoms with Gasteiger partial charge in [-0.25, -0.2) is 4.79 Å². The third-order valence-corrected chi connectivity index (χ3v) is 0.541. The molecule has 0 spiro atoms. The minimum absolute atomic E-state index is 0.0174. The maximum absolute atomic E-state index is 10.1. The summed E-state index contributed by atoms with van der Waals surface area (Å²) in [4.78, 5) is 13.9. The van der Waals surface area contributed by atoms with Gasteiger partial charge in [0.05, 0.1) is 6.42 Å². The Bertz CT molecular complexity index is 111. The van der Waals surface area contributed by atoms with Crippen LogP contribution in [0.2, 0.25) is 0 Å². The number of hydrogen-bond acceptors (Lipinski definition) is 4. The molecule has 8 heavy (non-hydrogen) atoms. The Hall–Kier alpha value is -0.900. The molecular weight excluding hydrogens is 108 g/mol. The smallest absolute Gasteiger partial charge is 0.329 e. The number of carbonyl (C=O) groups is 1. The SMILES string of the molecule is CC(=N)CC(=O)ON. The van der Waals surface area contributed by atoms with Crippen LogP contribution in [0.15, 0.2) is 0 Å². The van der Waals surface area contributed by atoms with Crippen LogP contribution in [0.25, 0.3) is 0 Å². The van der Waals surface area contributed by atoms with E-state index in [0.717, 1.165) is 0 Å². The van der Waals surface area contributed by atoms with Gasteiger partial charge in [-0.05, 0) is 6.92 Å². The molecule has 0 saturated carbocycles. The quantitative estimate of drug-likeness (QED) is 0.388.